The van der Waals surface area contributed by atoms with Crippen molar-refractivity contribution in [1.82, 2.24) is 0 Å². The summed E-state index contributed by atoms with van der Waals surface area (Å²) in [6.07, 6.45) is -0.811. The Bertz CT molecular complexity index is 1090. The number of aliphatic carboxylic acids is 1. The van der Waals surface area contributed by atoms with E-state index in [-0.39, 0.29) is 46.3 Å². The van der Waals surface area contributed by atoms with Gasteiger partial charge in [-0.3, -0.25) is 4.79 Å². The van der Waals surface area contributed by atoms with Crippen LogP contribution < -0.4 is 0 Å². The van der Waals surface area contributed by atoms with Crippen LogP contribution in [0.15, 0.2) is 24.3 Å². The number of fused-ring (bicyclic) bond motifs is 3. The number of hydrogen-bond donors (Lipinski definition) is 6. The first kappa shape index (κ1) is 35.5. The van der Waals surface area contributed by atoms with Gasteiger partial charge < -0.3 is 40.1 Å². The first-order valence-corrected chi connectivity index (χ1v) is 16.5. The van der Waals surface area contributed by atoms with Crippen LogP contribution in [-0.2, 0) is 14.3 Å². The normalized spacial score (nSPS) is 45.7. The van der Waals surface area contributed by atoms with Crippen LogP contribution in [0, 0.1) is 39.9 Å². The number of ether oxygens (including phenoxy) is 2. The molecule has 3 saturated carbocycles. The van der Waals surface area contributed by atoms with Gasteiger partial charge in [0.2, 0.25) is 0 Å². The molecule has 0 aromatic carbocycles. The number of aliphatic hydroxyl groups excluding tert-OH is 5. The summed E-state index contributed by atoms with van der Waals surface area (Å²) in [6, 6.07) is 0. The highest BCUT2D eigenvalue weighted by Gasteiger charge is 2.70. The molecule has 252 valence electrons. The fourth-order valence-corrected chi connectivity index (χ4v) is 10.6. The molecule has 4 fully saturated rings. The van der Waals surface area contributed by atoms with E-state index in [0.717, 1.165) is 31.3 Å². The first-order valence-electron chi connectivity index (χ1n) is 16.5. The van der Waals surface area contributed by atoms with E-state index in [1.807, 2.05) is 13.8 Å². The molecule has 0 aromatic heterocycles. The molecule has 14 unspecified atom stereocenters. The van der Waals surface area contributed by atoms with Crippen molar-refractivity contribution in [2.24, 2.45) is 39.9 Å². The van der Waals surface area contributed by atoms with Gasteiger partial charge in [0.15, 0.2) is 6.29 Å². The highest BCUT2D eigenvalue weighted by atomic mass is 16.7. The zero-order chi connectivity index (χ0) is 33.0. The minimum Gasteiger partial charge on any atom is -0.481 e. The molecule has 0 aromatic rings. The van der Waals surface area contributed by atoms with Crippen molar-refractivity contribution in [1.29, 1.82) is 0 Å². The highest BCUT2D eigenvalue weighted by molar-refractivity contribution is 5.66. The summed E-state index contributed by atoms with van der Waals surface area (Å²) < 4.78 is 12.4. The molecule has 3 aliphatic carbocycles. The van der Waals surface area contributed by atoms with E-state index < -0.39 is 55.0 Å². The number of hydrogen-bond acceptors (Lipinski definition) is 8. The lowest BCUT2D eigenvalue weighted by Crippen LogP contribution is -2.64. The molecule has 14 atom stereocenters. The second-order valence-corrected chi connectivity index (χ2v) is 15.7. The molecule has 1 saturated heterocycles. The number of rotatable bonds is 12. The van der Waals surface area contributed by atoms with Gasteiger partial charge in [0.25, 0.3) is 0 Å². The predicted octanol–water partition coefficient (Wildman–Crippen LogP) is 4.19. The SMILES string of the molecule is C=C(C)C(O)CCC(C)(OC1OC(CO)C(O)C1O)C1CCC2(C)C1C(O)CC1C(C)(CCC(=O)O)C(C(=C)C)CCC12C. The second-order valence-electron chi connectivity index (χ2n) is 15.7. The summed E-state index contributed by atoms with van der Waals surface area (Å²) in [6.45, 7) is 20.4. The van der Waals surface area contributed by atoms with Gasteiger partial charge >= 0.3 is 5.97 Å². The van der Waals surface area contributed by atoms with E-state index in [0.29, 0.717) is 31.3 Å². The van der Waals surface area contributed by atoms with E-state index in [9.17, 15) is 35.4 Å². The van der Waals surface area contributed by atoms with Crippen LogP contribution in [0.2, 0.25) is 0 Å². The van der Waals surface area contributed by atoms with E-state index in [4.69, 9.17) is 9.47 Å². The Labute approximate surface area is 263 Å². The number of aliphatic hydroxyl groups is 5. The van der Waals surface area contributed by atoms with E-state index >= 15 is 0 Å². The van der Waals surface area contributed by atoms with Crippen molar-refractivity contribution in [3.05, 3.63) is 24.3 Å². The Balaban J connectivity index is 1.72. The van der Waals surface area contributed by atoms with Crippen LogP contribution in [0.5, 0.6) is 0 Å². The van der Waals surface area contributed by atoms with Gasteiger partial charge in [-0.2, -0.15) is 0 Å². The summed E-state index contributed by atoms with van der Waals surface area (Å²) in [7, 11) is 0. The molecule has 1 aliphatic heterocycles. The number of carboxylic acids is 1. The van der Waals surface area contributed by atoms with E-state index in [2.05, 4.69) is 33.9 Å². The van der Waals surface area contributed by atoms with Gasteiger partial charge in [-0.25, -0.2) is 0 Å². The van der Waals surface area contributed by atoms with Gasteiger partial charge in [-0.05, 0) is 112 Å². The lowest BCUT2D eigenvalue weighted by atomic mass is 9.37. The van der Waals surface area contributed by atoms with Crippen molar-refractivity contribution < 1.29 is 44.9 Å². The minimum atomic E-state index is -1.35. The maximum atomic E-state index is 12.2. The largest absolute Gasteiger partial charge is 0.481 e. The van der Waals surface area contributed by atoms with E-state index in [1.165, 1.54) is 0 Å². The van der Waals surface area contributed by atoms with Crippen LogP contribution in [-0.4, -0.2) is 85.6 Å². The summed E-state index contributed by atoms with van der Waals surface area (Å²) in [5, 5.41) is 63.5. The van der Waals surface area contributed by atoms with Crippen LogP contribution >= 0.6 is 0 Å². The fraction of sp³-hybridized carbons (Fsp3) is 0.857. The standard InChI is InChI=1S/C35H58O9/c1-19(2)21-9-14-33(6)26(32(21,5)13-12-27(39)40)17-24(38)28-22(10-15-34(28,33)7)35(8,16-11-23(37)20(3)4)44-31-30(42)29(41)25(18-36)43-31/h21-26,28-31,36-38,41-42H,1,3,9-18H2,2,4-8H3,(H,39,40). The van der Waals surface area contributed by atoms with Crippen LogP contribution in [0.25, 0.3) is 0 Å². The molecule has 9 heteroatoms. The quantitative estimate of drug-likeness (QED) is 0.176. The monoisotopic (exact) mass is 622 g/mol. The Kier molecular flexibility index (Phi) is 10.3. The molecule has 1 heterocycles. The lowest BCUT2D eigenvalue weighted by Gasteiger charge is -2.67. The highest BCUT2D eigenvalue weighted by Crippen LogP contribution is 2.74. The Morgan fingerprint density at radius 2 is 1.70 bits per heavy atom. The molecular formula is C35H58O9. The Morgan fingerprint density at radius 3 is 2.25 bits per heavy atom. The Morgan fingerprint density at radius 1 is 1.07 bits per heavy atom. The average Bonchev–Trinajstić information content (AvgIpc) is 3.45. The predicted molar refractivity (Wildman–Crippen MR) is 166 cm³/mol. The van der Waals surface area contributed by atoms with Gasteiger partial charge in [0.05, 0.1) is 24.4 Å². The Hall–Kier alpha value is -1.33. The van der Waals surface area contributed by atoms with Crippen LogP contribution in [0.3, 0.4) is 0 Å². The van der Waals surface area contributed by atoms with Gasteiger partial charge in [-0.15, -0.1) is 0 Å². The summed E-state index contributed by atoms with van der Waals surface area (Å²) in [5.41, 5.74) is -0.0247. The third-order valence-corrected chi connectivity index (χ3v) is 13.3. The summed E-state index contributed by atoms with van der Waals surface area (Å²) in [5.74, 6) is -0.845. The van der Waals surface area contributed by atoms with Crippen molar-refractivity contribution in [3.8, 4) is 0 Å². The molecular weight excluding hydrogens is 564 g/mol. The number of allylic oxidation sites excluding steroid dienone is 1. The molecule has 0 amide bonds. The molecule has 6 N–H and O–H groups in total. The third-order valence-electron chi connectivity index (χ3n) is 13.3. The second kappa shape index (κ2) is 12.7. The fourth-order valence-electron chi connectivity index (χ4n) is 10.6. The average molecular weight is 623 g/mol. The topological polar surface area (TPSA) is 157 Å². The minimum absolute atomic E-state index is 0.0765. The molecule has 0 radical (unpaired) electrons. The van der Waals surface area contributed by atoms with Gasteiger partial charge in [-0.1, -0.05) is 45.1 Å². The molecule has 9 nitrogen and oxygen atoms in total. The number of carboxylic acid groups (broad SMARTS) is 1. The van der Waals surface area contributed by atoms with Crippen molar-refractivity contribution in [2.45, 2.75) is 142 Å². The molecule has 0 spiro atoms. The summed E-state index contributed by atoms with van der Waals surface area (Å²) >= 11 is 0. The zero-order valence-electron chi connectivity index (χ0n) is 27.7. The van der Waals surface area contributed by atoms with E-state index in [1.54, 1.807) is 6.92 Å². The van der Waals surface area contributed by atoms with Crippen molar-refractivity contribution in [2.75, 3.05) is 6.61 Å². The maximum absolute atomic E-state index is 12.2. The van der Waals surface area contributed by atoms with Gasteiger partial charge in [0, 0.05) is 6.42 Å². The first-order chi connectivity index (χ1) is 20.4. The molecule has 0 bridgehead atoms. The van der Waals surface area contributed by atoms with Gasteiger partial charge in [0.1, 0.15) is 18.3 Å². The third kappa shape index (κ3) is 5.84. The molecule has 4 rings (SSSR count). The van der Waals surface area contributed by atoms with Crippen LogP contribution in [0.4, 0.5) is 0 Å². The maximum Gasteiger partial charge on any atom is 0.303 e. The summed E-state index contributed by atoms with van der Waals surface area (Å²) in [4.78, 5) is 11.8. The van der Waals surface area contributed by atoms with Crippen molar-refractivity contribution in [3.63, 3.8) is 0 Å². The smallest absolute Gasteiger partial charge is 0.303 e. The molecule has 44 heavy (non-hydrogen) atoms. The number of carbonyl (C=O) groups is 1. The molecule has 4 aliphatic rings. The lowest BCUT2D eigenvalue weighted by molar-refractivity contribution is -0.261. The van der Waals surface area contributed by atoms with Crippen molar-refractivity contribution >= 4 is 5.97 Å². The van der Waals surface area contributed by atoms with Crippen LogP contribution in [0.1, 0.15) is 99.3 Å². The zero-order valence-corrected chi connectivity index (χ0v) is 27.7.